The zero-order valence-electron chi connectivity index (χ0n) is 7.46. The maximum Gasteiger partial charge on any atom is 0.207 e. The van der Waals surface area contributed by atoms with Crippen molar-refractivity contribution in [2.45, 2.75) is 20.3 Å². The highest BCUT2D eigenvalue weighted by Gasteiger charge is 1.93. The van der Waals surface area contributed by atoms with Gasteiger partial charge >= 0.3 is 0 Å². The lowest BCUT2D eigenvalue weighted by atomic mass is 10.5. The van der Waals surface area contributed by atoms with Crippen molar-refractivity contribution in [2.24, 2.45) is 0 Å². The van der Waals surface area contributed by atoms with Gasteiger partial charge in [-0.15, -0.1) is 24.8 Å². The molecule has 0 unspecified atom stereocenters. The number of ether oxygens (including phenoxy) is 2. The second-order valence-electron chi connectivity index (χ2n) is 1.91. The highest BCUT2D eigenvalue weighted by molar-refractivity contribution is 5.85. The summed E-state index contributed by atoms with van der Waals surface area (Å²) in [5.41, 5.74) is 0. The van der Waals surface area contributed by atoms with Gasteiger partial charge in [-0.25, -0.2) is 0 Å². The summed E-state index contributed by atoms with van der Waals surface area (Å²) in [4.78, 5) is 0. The molecule has 0 aliphatic rings. The van der Waals surface area contributed by atoms with E-state index in [-0.39, 0.29) is 30.7 Å². The Morgan fingerprint density at radius 3 is 2.25 bits per heavy atom. The Labute approximate surface area is 86.1 Å². The van der Waals surface area contributed by atoms with Crippen LogP contribution in [0.15, 0.2) is 0 Å². The van der Waals surface area contributed by atoms with Crippen LogP contribution in [0, 0.1) is 5.41 Å². The van der Waals surface area contributed by atoms with Crippen LogP contribution in [0.1, 0.15) is 20.3 Å². The zero-order valence-corrected chi connectivity index (χ0v) is 9.09. The average molecular weight is 218 g/mol. The van der Waals surface area contributed by atoms with Crippen LogP contribution in [0.2, 0.25) is 0 Å². The molecule has 0 fully saturated rings. The van der Waals surface area contributed by atoms with Crippen molar-refractivity contribution < 1.29 is 9.47 Å². The van der Waals surface area contributed by atoms with Crippen molar-refractivity contribution >= 4 is 30.7 Å². The molecule has 0 bridgehead atoms. The van der Waals surface area contributed by atoms with E-state index in [9.17, 15) is 0 Å². The molecule has 0 amide bonds. The summed E-state index contributed by atoms with van der Waals surface area (Å²) in [6, 6.07) is 0. The predicted molar refractivity (Wildman–Crippen MR) is 55.0 cm³/mol. The third-order valence-electron chi connectivity index (χ3n) is 0.900. The predicted octanol–water partition coefficient (Wildman–Crippen LogP) is 2.27. The van der Waals surface area contributed by atoms with E-state index in [1.165, 1.54) is 0 Å². The van der Waals surface area contributed by atoms with Gasteiger partial charge in [0.05, 0.1) is 6.61 Å². The Morgan fingerprint density at radius 1 is 1.25 bits per heavy atom. The molecular weight excluding hydrogens is 201 g/mol. The van der Waals surface area contributed by atoms with E-state index in [0.717, 1.165) is 6.42 Å². The molecule has 0 aromatic carbocycles. The minimum atomic E-state index is 0. The number of hydrogen-bond donors (Lipinski definition) is 1. The van der Waals surface area contributed by atoms with Crippen LogP contribution in [0.4, 0.5) is 0 Å². The van der Waals surface area contributed by atoms with Gasteiger partial charge in [0, 0.05) is 6.61 Å². The Bertz CT molecular complexity index is 101. The van der Waals surface area contributed by atoms with E-state index in [1.807, 2.05) is 13.8 Å². The lowest BCUT2D eigenvalue weighted by Crippen LogP contribution is -2.11. The number of hydrogen-bond acceptors (Lipinski definition) is 3. The van der Waals surface area contributed by atoms with Crippen LogP contribution in [0.25, 0.3) is 0 Å². The van der Waals surface area contributed by atoms with Gasteiger partial charge in [-0.3, -0.25) is 5.41 Å². The van der Waals surface area contributed by atoms with Crippen molar-refractivity contribution in [1.82, 2.24) is 0 Å². The van der Waals surface area contributed by atoms with Crippen LogP contribution in [-0.2, 0) is 9.47 Å². The molecule has 0 aromatic heterocycles. The molecule has 0 heterocycles. The van der Waals surface area contributed by atoms with Gasteiger partial charge in [0.1, 0.15) is 6.61 Å². The van der Waals surface area contributed by atoms with Gasteiger partial charge in [0.25, 0.3) is 0 Å². The zero-order chi connectivity index (χ0) is 7.82. The molecule has 0 atom stereocenters. The standard InChI is InChI=1S/C7H15NO2.2ClH/c1-3-5-9-6-7(8)10-4-2;;/h8H,3-6H2,1-2H3;2*1H. The topological polar surface area (TPSA) is 42.3 Å². The van der Waals surface area contributed by atoms with Crippen LogP contribution < -0.4 is 0 Å². The Hall–Kier alpha value is 0.01000. The molecule has 3 nitrogen and oxygen atoms in total. The fourth-order valence-corrected chi connectivity index (χ4v) is 0.525. The first-order chi connectivity index (χ1) is 4.81. The second kappa shape index (κ2) is 13.6. The van der Waals surface area contributed by atoms with Crippen LogP contribution in [-0.4, -0.2) is 25.7 Å². The average Bonchev–Trinajstić information content (AvgIpc) is 1.89. The maximum absolute atomic E-state index is 7.12. The molecule has 0 aromatic rings. The summed E-state index contributed by atoms with van der Waals surface area (Å²) in [7, 11) is 0. The van der Waals surface area contributed by atoms with Gasteiger partial charge in [0.15, 0.2) is 0 Å². The molecule has 0 saturated heterocycles. The monoisotopic (exact) mass is 217 g/mol. The molecular formula is C7H17Cl2NO2. The van der Waals surface area contributed by atoms with E-state index in [0.29, 0.717) is 19.8 Å². The molecule has 0 saturated carbocycles. The summed E-state index contributed by atoms with van der Waals surface area (Å²) in [6.45, 7) is 5.45. The molecule has 0 radical (unpaired) electrons. The lowest BCUT2D eigenvalue weighted by Gasteiger charge is -2.04. The normalized spacial score (nSPS) is 7.83. The van der Waals surface area contributed by atoms with Gasteiger partial charge in [-0.1, -0.05) is 6.92 Å². The van der Waals surface area contributed by atoms with E-state index in [4.69, 9.17) is 14.9 Å². The minimum Gasteiger partial charge on any atom is -0.480 e. The highest BCUT2D eigenvalue weighted by atomic mass is 35.5. The Morgan fingerprint density at radius 2 is 1.83 bits per heavy atom. The molecule has 5 heteroatoms. The summed E-state index contributed by atoms with van der Waals surface area (Å²) >= 11 is 0. The maximum atomic E-state index is 7.12. The highest BCUT2D eigenvalue weighted by Crippen LogP contribution is 1.83. The molecule has 0 rings (SSSR count). The first kappa shape index (κ1) is 17.9. The van der Waals surface area contributed by atoms with E-state index in [2.05, 4.69) is 0 Å². The number of rotatable bonds is 5. The minimum absolute atomic E-state index is 0. The molecule has 1 N–H and O–H groups in total. The lowest BCUT2D eigenvalue weighted by molar-refractivity contribution is 0.150. The van der Waals surface area contributed by atoms with Crippen molar-refractivity contribution in [3.63, 3.8) is 0 Å². The number of nitrogens with one attached hydrogen (secondary N) is 1. The van der Waals surface area contributed by atoms with E-state index in [1.54, 1.807) is 0 Å². The van der Waals surface area contributed by atoms with Crippen LogP contribution in [0.3, 0.4) is 0 Å². The summed E-state index contributed by atoms with van der Waals surface area (Å²) in [5, 5.41) is 7.12. The van der Waals surface area contributed by atoms with Gasteiger partial charge in [-0.05, 0) is 13.3 Å². The molecule has 76 valence electrons. The Kier molecular flexibility index (Phi) is 20.3. The van der Waals surface area contributed by atoms with Gasteiger partial charge in [-0.2, -0.15) is 0 Å². The fraction of sp³-hybridized carbons (Fsp3) is 0.857. The van der Waals surface area contributed by atoms with Crippen molar-refractivity contribution in [2.75, 3.05) is 19.8 Å². The first-order valence-corrected chi connectivity index (χ1v) is 3.59. The van der Waals surface area contributed by atoms with Gasteiger partial charge < -0.3 is 9.47 Å². The van der Waals surface area contributed by atoms with Crippen LogP contribution >= 0.6 is 24.8 Å². The number of halogens is 2. The quantitative estimate of drug-likeness (QED) is 0.437. The Balaban J connectivity index is -0.000000405. The first-order valence-electron chi connectivity index (χ1n) is 3.59. The van der Waals surface area contributed by atoms with Gasteiger partial charge in [0.2, 0.25) is 5.90 Å². The summed E-state index contributed by atoms with van der Waals surface area (Å²) in [6.07, 6.45) is 0.986. The third kappa shape index (κ3) is 12.7. The van der Waals surface area contributed by atoms with Crippen LogP contribution in [0.5, 0.6) is 0 Å². The third-order valence-corrected chi connectivity index (χ3v) is 0.900. The van der Waals surface area contributed by atoms with E-state index >= 15 is 0 Å². The molecule has 0 aliphatic carbocycles. The molecule has 0 aliphatic heterocycles. The van der Waals surface area contributed by atoms with Crippen molar-refractivity contribution in [3.05, 3.63) is 0 Å². The largest absolute Gasteiger partial charge is 0.480 e. The summed E-state index contributed by atoms with van der Waals surface area (Å²) < 4.78 is 9.89. The SMILES string of the molecule is CCCOCC(=N)OCC.Cl.Cl. The second-order valence-corrected chi connectivity index (χ2v) is 1.91. The molecule has 12 heavy (non-hydrogen) atoms. The molecule has 0 spiro atoms. The fourth-order valence-electron chi connectivity index (χ4n) is 0.525. The van der Waals surface area contributed by atoms with Crippen molar-refractivity contribution in [3.8, 4) is 0 Å². The van der Waals surface area contributed by atoms with Crippen molar-refractivity contribution in [1.29, 1.82) is 5.41 Å². The summed E-state index contributed by atoms with van der Waals surface area (Å²) in [5.74, 6) is 0.218. The smallest absolute Gasteiger partial charge is 0.207 e. The van der Waals surface area contributed by atoms with E-state index < -0.39 is 0 Å².